The van der Waals surface area contributed by atoms with E-state index in [1.807, 2.05) is 42.5 Å². The molecule has 1 aliphatic heterocycles. The molecule has 0 atom stereocenters. The average molecular weight is 554 g/mol. The predicted octanol–water partition coefficient (Wildman–Crippen LogP) is 4.46. The maximum absolute atomic E-state index is 12.7. The first-order chi connectivity index (χ1) is 17.9. The number of anilines is 2. The molecule has 1 saturated heterocycles. The van der Waals surface area contributed by atoms with E-state index in [1.165, 1.54) is 40.3 Å². The molecule has 5 rings (SSSR count). The zero-order valence-corrected chi connectivity index (χ0v) is 22.0. The Bertz CT molecular complexity index is 1540. The van der Waals surface area contributed by atoms with Crippen LogP contribution in [-0.4, -0.2) is 53.6 Å². The lowest BCUT2D eigenvalue weighted by Crippen LogP contribution is -2.27. The molecule has 3 aromatic carbocycles. The maximum atomic E-state index is 12.7. The van der Waals surface area contributed by atoms with Crippen molar-refractivity contribution in [2.24, 2.45) is 0 Å². The van der Waals surface area contributed by atoms with Crippen molar-refractivity contribution in [1.82, 2.24) is 14.5 Å². The molecule has 1 aromatic heterocycles. The van der Waals surface area contributed by atoms with Crippen molar-refractivity contribution >= 4 is 66.5 Å². The molecule has 2 amide bonds. The molecule has 1 aliphatic rings. The average Bonchev–Trinajstić information content (AvgIpc) is 3.61. The quantitative estimate of drug-likeness (QED) is 0.244. The molecule has 0 bridgehead atoms. The summed E-state index contributed by atoms with van der Waals surface area (Å²) < 4.78 is 27.3. The smallest absolute Gasteiger partial charge is 0.257 e. The number of thioether (sulfide) groups is 1. The highest BCUT2D eigenvalue weighted by Crippen LogP contribution is 2.27. The van der Waals surface area contributed by atoms with Gasteiger partial charge in [0, 0.05) is 29.7 Å². The third kappa shape index (κ3) is 5.82. The van der Waals surface area contributed by atoms with Gasteiger partial charge in [0.05, 0.1) is 10.6 Å². The van der Waals surface area contributed by atoms with Crippen LogP contribution in [-0.2, 0) is 14.8 Å². The summed E-state index contributed by atoms with van der Waals surface area (Å²) in [4.78, 5) is 25.3. The first-order valence-electron chi connectivity index (χ1n) is 11.6. The number of sulfonamides is 1. The molecule has 12 heteroatoms. The maximum Gasteiger partial charge on any atom is 0.257 e. The van der Waals surface area contributed by atoms with Gasteiger partial charge >= 0.3 is 0 Å². The lowest BCUT2D eigenvalue weighted by molar-refractivity contribution is -0.113. The van der Waals surface area contributed by atoms with Crippen molar-refractivity contribution in [2.45, 2.75) is 22.1 Å². The Hall–Kier alpha value is -3.32. The summed E-state index contributed by atoms with van der Waals surface area (Å²) in [6.07, 6.45) is 1.72. The van der Waals surface area contributed by atoms with Gasteiger partial charge in [-0.3, -0.25) is 14.9 Å². The van der Waals surface area contributed by atoms with Crippen molar-refractivity contribution < 1.29 is 18.0 Å². The molecule has 1 fully saturated rings. The summed E-state index contributed by atoms with van der Waals surface area (Å²) in [5.41, 5.74) is 1.05. The summed E-state index contributed by atoms with van der Waals surface area (Å²) >= 11 is 2.38. The molecule has 4 aromatic rings. The third-order valence-electron chi connectivity index (χ3n) is 5.84. The van der Waals surface area contributed by atoms with Crippen LogP contribution < -0.4 is 10.6 Å². The second-order valence-corrected chi connectivity index (χ2v) is 12.5. The Morgan fingerprint density at radius 2 is 1.65 bits per heavy atom. The van der Waals surface area contributed by atoms with E-state index in [2.05, 4.69) is 20.8 Å². The highest BCUT2D eigenvalue weighted by molar-refractivity contribution is 8.01. The van der Waals surface area contributed by atoms with E-state index in [0.717, 1.165) is 40.6 Å². The monoisotopic (exact) mass is 553 g/mol. The Labute approximate surface area is 222 Å². The van der Waals surface area contributed by atoms with E-state index in [-0.39, 0.29) is 21.7 Å². The Morgan fingerprint density at radius 1 is 0.919 bits per heavy atom. The molecular formula is C25H23N5O4S3. The molecule has 0 saturated carbocycles. The predicted molar refractivity (Wildman–Crippen MR) is 146 cm³/mol. The van der Waals surface area contributed by atoms with Gasteiger partial charge in [-0.05, 0) is 48.6 Å². The van der Waals surface area contributed by atoms with Crippen molar-refractivity contribution in [3.63, 3.8) is 0 Å². The highest BCUT2D eigenvalue weighted by atomic mass is 32.2. The second kappa shape index (κ2) is 11.0. The summed E-state index contributed by atoms with van der Waals surface area (Å²) in [5.74, 6) is -0.462. The van der Waals surface area contributed by atoms with Gasteiger partial charge in [-0.15, -0.1) is 10.2 Å². The number of rotatable bonds is 8. The molecular weight excluding hydrogens is 531 g/mol. The molecule has 0 aliphatic carbocycles. The van der Waals surface area contributed by atoms with Crippen molar-refractivity contribution in [3.8, 4) is 0 Å². The van der Waals surface area contributed by atoms with Gasteiger partial charge in [0.25, 0.3) is 5.91 Å². The minimum absolute atomic E-state index is 0.138. The van der Waals surface area contributed by atoms with Crippen LogP contribution in [0.4, 0.5) is 10.8 Å². The lowest BCUT2D eigenvalue weighted by Gasteiger charge is -2.15. The van der Waals surface area contributed by atoms with Crippen LogP contribution in [0.3, 0.4) is 0 Å². The molecule has 9 nitrogen and oxygen atoms in total. The number of carbonyl (C=O) groups excluding carboxylic acids is 2. The number of fused-ring (bicyclic) bond motifs is 1. The van der Waals surface area contributed by atoms with E-state index in [4.69, 9.17) is 0 Å². The summed E-state index contributed by atoms with van der Waals surface area (Å²) in [6.45, 7) is 1.04. The normalized spacial score (nSPS) is 14.1. The van der Waals surface area contributed by atoms with Gasteiger partial charge in [0.1, 0.15) is 0 Å². The molecule has 2 heterocycles. The molecule has 37 heavy (non-hydrogen) atoms. The van der Waals surface area contributed by atoms with Crippen molar-refractivity contribution in [3.05, 3.63) is 72.3 Å². The number of nitrogens with one attached hydrogen (secondary N) is 2. The van der Waals surface area contributed by atoms with Gasteiger partial charge in [0.15, 0.2) is 4.34 Å². The summed E-state index contributed by atoms with van der Waals surface area (Å²) in [7, 11) is -3.54. The van der Waals surface area contributed by atoms with Crippen LogP contribution in [0.15, 0.2) is 76.0 Å². The summed E-state index contributed by atoms with van der Waals surface area (Å²) in [5, 5.41) is 15.9. The number of hydrogen-bond acceptors (Lipinski definition) is 8. The minimum atomic E-state index is -3.54. The van der Waals surface area contributed by atoms with Crippen LogP contribution >= 0.6 is 23.1 Å². The van der Waals surface area contributed by atoms with Gasteiger partial charge in [-0.25, -0.2) is 8.42 Å². The largest absolute Gasteiger partial charge is 0.325 e. The fraction of sp³-hybridized carbons (Fsp3) is 0.200. The Morgan fingerprint density at radius 3 is 2.43 bits per heavy atom. The molecule has 0 unspecified atom stereocenters. The fourth-order valence-corrected chi connectivity index (χ4v) is 7.06. The fourth-order valence-electron chi connectivity index (χ4n) is 3.99. The molecule has 0 radical (unpaired) electrons. The number of aromatic nitrogens is 2. The molecule has 190 valence electrons. The third-order valence-corrected chi connectivity index (χ3v) is 9.72. The van der Waals surface area contributed by atoms with Crippen LogP contribution in [0.25, 0.3) is 10.8 Å². The lowest BCUT2D eigenvalue weighted by atomic mass is 10.1. The van der Waals surface area contributed by atoms with E-state index in [0.29, 0.717) is 23.0 Å². The van der Waals surface area contributed by atoms with Gasteiger partial charge in [-0.1, -0.05) is 59.5 Å². The topological polar surface area (TPSA) is 121 Å². The van der Waals surface area contributed by atoms with Crippen LogP contribution in [0.5, 0.6) is 0 Å². The van der Waals surface area contributed by atoms with E-state index in [9.17, 15) is 18.0 Å². The first kappa shape index (κ1) is 25.3. The van der Waals surface area contributed by atoms with Gasteiger partial charge in [-0.2, -0.15) is 4.31 Å². The molecule has 0 spiro atoms. The van der Waals surface area contributed by atoms with E-state index >= 15 is 0 Å². The highest BCUT2D eigenvalue weighted by Gasteiger charge is 2.27. The second-order valence-electron chi connectivity index (χ2n) is 8.33. The van der Waals surface area contributed by atoms with Crippen LogP contribution in [0, 0.1) is 0 Å². The first-order valence-corrected chi connectivity index (χ1v) is 14.8. The van der Waals surface area contributed by atoms with E-state index < -0.39 is 15.9 Å². The zero-order chi connectivity index (χ0) is 25.8. The number of amides is 2. The molecule has 2 N–H and O–H groups in total. The van der Waals surface area contributed by atoms with Gasteiger partial charge in [0.2, 0.25) is 21.1 Å². The van der Waals surface area contributed by atoms with Crippen molar-refractivity contribution in [2.75, 3.05) is 29.5 Å². The van der Waals surface area contributed by atoms with Crippen LogP contribution in [0.2, 0.25) is 0 Å². The number of nitrogens with zero attached hydrogens (tertiary/aromatic N) is 3. The Kier molecular flexibility index (Phi) is 7.51. The number of hydrogen-bond donors (Lipinski definition) is 2. The number of benzene rings is 3. The van der Waals surface area contributed by atoms with Crippen LogP contribution in [0.1, 0.15) is 23.2 Å². The zero-order valence-electron chi connectivity index (χ0n) is 19.6. The number of carbonyl (C=O) groups is 2. The van der Waals surface area contributed by atoms with Crippen molar-refractivity contribution in [1.29, 1.82) is 0 Å². The minimum Gasteiger partial charge on any atom is -0.325 e. The van der Waals surface area contributed by atoms with Gasteiger partial charge < -0.3 is 5.32 Å². The standard InChI is InChI=1S/C25H23N5O4S3/c31-22(26-21-9-5-7-17-6-1-2-8-20(17)21)16-35-25-29-28-24(36-25)27-23(32)18-10-12-19(13-11-18)37(33,34)30-14-3-4-15-30/h1-2,5-13H,3-4,14-16H2,(H,26,31)(H,27,28,32). The Balaban J connectivity index is 1.15. The van der Waals surface area contributed by atoms with E-state index in [1.54, 1.807) is 0 Å². The summed E-state index contributed by atoms with van der Waals surface area (Å²) in [6, 6.07) is 19.4. The SMILES string of the molecule is O=C(CSc1nnc(NC(=O)c2ccc(S(=O)(=O)N3CCCC3)cc2)s1)Nc1cccc2ccccc12.